The number of rotatable bonds is 4. The van der Waals surface area contributed by atoms with Gasteiger partial charge in [-0.3, -0.25) is 10.1 Å². The van der Waals surface area contributed by atoms with Gasteiger partial charge in [-0.1, -0.05) is 15.9 Å². The number of hydrogen-bond donors (Lipinski definition) is 2. The minimum Gasteiger partial charge on any atom is -0.389 e. The summed E-state index contributed by atoms with van der Waals surface area (Å²) in [6.45, 7) is 3.16. The molecular weight excluding hydrogens is 295 g/mol. The van der Waals surface area contributed by atoms with E-state index in [4.69, 9.17) is 0 Å². The molecule has 5 nitrogen and oxygen atoms in total. The normalized spacial score (nSPS) is 11.4. The van der Waals surface area contributed by atoms with E-state index in [2.05, 4.69) is 21.2 Å². The van der Waals surface area contributed by atoms with Gasteiger partial charge in [-0.05, 0) is 26.0 Å². The first-order valence-corrected chi connectivity index (χ1v) is 5.60. The fraction of sp³-hybridized carbons (Fsp3) is 0.400. The Hall–Kier alpha value is -1.21. The number of anilines is 1. The van der Waals surface area contributed by atoms with E-state index < -0.39 is 22.0 Å². The van der Waals surface area contributed by atoms with Crippen molar-refractivity contribution < 1.29 is 14.4 Å². The molecule has 2 N–H and O–H groups in total. The predicted molar refractivity (Wildman–Crippen MR) is 65.5 cm³/mol. The van der Waals surface area contributed by atoms with Crippen LogP contribution in [0.5, 0.6) is 0 Å². The molecule has 0 bridgehead atoms. The van der Waals surface area contributed by atoms with E-state index in [-0.39, 0.29) is 12.2 Å². The summed E-state index contributed by atoms with van der Waals surface area (Å²) in [5.74, 6) is -0.928. The first kappa shape index (κ1) is 13.9. The Morgan fingerprint density at radius 3 is 2.65 bits per heavy atom. The summed E-state index contributed by atoms with van der Waals surface area (Å²) in [5, 5.41) is 22.9. The van der Waals surface area contributed by atoms with Crippen LogP contribution in [0.25, 0.3) is 0 Å². The van der Waals surface area contributed by atoms with Gasteiger partial charge in [0, 0.05) is 11.0 Å². The second-order valence-corrected chi connectivity index (χ2v) is 5.12. The van der Waals surface area contributed by atoms with Crippen molar-refractivity contribution in [3.05, 3.63) is 32.5 Å². The molecule has 17 heavy (non-hydrogen) atoms. The van der Waals surface area contributed by atoms with Crippen LogP contribution in [0.15, 0.2) is 16.6 Å². The Morgan fingerprint density at radius 2 is 2.18 bits per heavy atom. The number of hydrogen-bond acceptors (Lipinski definition) is 4. The lowest BCUT2D eigenvalue weighted by atomic mass is 10.1. The molecule has 0 fully saturated rings. The van der Waals surface area contributed by atoms with Gasteiger partial charge < -0.3 is 10.4 Å². The summed E-state index contributed by atoms with van der Waals surface area (Å²) in [5.41, 5.74) is -1.64. The molecule has 0 aliphatic carbocycles. The molecule has 0 saturated heterocycles. The molecule has 0 unspecified atom stereocenters. The molecule has 0 aliphatic rings. The van der Waals surface area contributed by atoms with Crippen LogP contribution in [0.1, 0.15) is 13.8 Å². The number of nitrogens with one attached hydrogen (secondary N) is 1. The SMILES string of the molecule is CC(C)(O)CNc1cc(Br)cc(F)c1[N+](=O)[O-]. The van der Waals surface area contributed by atoms with E-state index in [0.29, 0.717) is 4.47 Å². The van der Waals surface area contributed by atoms with Crippen LogP contribution < -0.4 is 5.32 Å². The van der Waals surface area contributed by atoms with Gasteiger partial charge in [-0.2, -0.15) is 4.39 Å². The van der Waals surface area contributed by atoms with Gasteiger partial charge in [0.25, 0.3) is 0 Å². The number of halogens is 2. The van der Waals surface area contributed by atoms with E-state index in [1.165, 1.54) is 6.07 Å². The molecular formula is C10H12BrFN2O3. The molecule has 0 heterocycles. The van der Waals surface area contributed by atoms with Crippen LogP contribution in [0, 0.1) is 15.9 Å². The van der Waals surface area contributed by atoms with Crippen LogP contribution in [0.4, 0.5) is 15.8 Å². The highest BCUT2D eigenvalue weighted by molar-refractivity contribution is 9.10. The highest BCUT2D eigenvalue weighted by atomic mass is 79.9. The van der Waals surface area contributed by atoms with E-state index in [0.717, 1.165) is 6.07 Å². The van der Waals surface area contributed by atoms with Crippen molar-refractivity contribution in [3.8, 4) is 0 Å². The van der Waals surface area contributed by atoms with Gasteiger partial charge in [0.2, 0.25) is 5.82 Å². The smallest absolute Gasteiger partial charge is 0.327 e. The summed E-state index contributed by atoms with van der Waals surface area (Å²) in [6.07, 6.45) is 0. The van der Waals surface area contributed by atoms with Crippen LogP contribution in [-0.4, -0.2) is 22.2 Å². The zero-order chi connectivity index (χ0) is 13.2. The summed E-state index contributed by atoms with van der Waals surface area (Å²) in [7, 11) is 0. The highest BCUT2D eigenvalue weighted by Gasteiger charge is 2.22. The van der Waals surface area contributed by atoms with Gasteiger partial charge in [0.05, 0.1) is 10.5 Å². The lowest BCUT2D eigenvalue weighted by molar-refractivity contribution is -0.386. The fourth-order valence-electron chi connectivity index (χ4n) is 1.20. The largest absolute Gasteiger partial charge is 0.389 e. The van der Waals surface area contributed by atoms with Gasteiger partial charge in [-0.15, -0.1) is 0 Å². The molecule has 0 radical (unpaired) electrons. The molecule has 0 aromatic heterocycles. The number of nitrogens with zero attached hydrogens (tertiary/aromatic N) is 1. The van der Waals surface area contributed by atoms with Crippen molar-refractivity contribution in [2.75, 3.05) is 11.9 Å². The van der Waals surface area contributed by atoms with E-state index in [9.17, 15) is 19.6 Å². The number of benzene rings is 1. The first-order chi connectivity index (χ1) is 7.70. The average molecular weight is 307 g/mol. The summed E-state index contributed by atoms with van der Waals surface area (Å²) in [6, 6.07) is 2.42. The Kier molecular flexibility index (Phi) is 4.05. The molecule has 0 amide bonds. The monoisotopic (exact) mass is 306 g/mol. The molecule has 0 aliphatic heterocycles. The second-order valence-electron chi connectivity index (χ2n) is 4.21. The maximum Gasteiger partial charge on any atom is 0.327 e. The first-order valence-electron chi connectivity index (χ1n) is 4.80. The van der Waals surface area contributed by atoms with Crippen LogP contribution in [0.2, 0.25) is 0 Å². The third-order valence-electron chi connectivity index (χ3n) is 1.92. The fourth-order valence-corrected chi connectivity index (χ4v) is 1.63. The Morgan fingerprint density at radius 1 is 1.59 bits per heavy atom. The molecule has 7 heteroatoms. The van der Waals surface area contributed by atoms with E-state index in [1.807, 2.05) is 0 Å². The quantitative estimate of drug-likeness (QED) is 0.662. The predicted octanol–water partition coefficient (Wildman–Crippen LogP) is 2.68. The molecule has 1 aromatic carbocycles. The van der Waals surface area contributed by atoms with Crippen LogP contribution >= 0.6 is 15.9 Å². The molecule has 1 aromatic rings. The highest BCUT2D eigenvalue weighted by Crippen LogP contribution is 2.31. The van der Waals surface area contributed by atoms with Gasteiger partial charge in [0.15, 0.2) is 0 Å². The van der Waals surface area contributed by atoms with Crippen molar-refractivity contribution in [3.63, 3.8) is 0 Å². The molecule has 1 rings (SSSR count). The number of nitro benzene ring substituents is 1. The zero-order valence-corrected chi connectivity index (χ0v) is 10.9. The van der Waals surface area contributed by atoms with Crippen molar-refractivity contribution >= 4 is 27.3 Å². The average Bonchev–Trinajstić information content (AvgIpc) is 2.11. The van der Waals surface area contributed by atoms with Gasteiger partial charge in [-0.25, -0.2) is 0 Å². The van der Waals surface area contributed by atoms with E-state index in [1.54, 1.807) is 13.8 Å². The number of nitro groups is 1. The zero-order valence-electron chi connectivity index (χ0n) is 9.33. The summed E-state index contributed by atoms with van der Waals surface area (Å²) in [4.78, 5) is 9.93. The minimum atomic E-state index is -1.05. The Balaban J connectivity index is 3.09. The molecule has 0 spiro atoms. The molecule has 94 valence electrons. The molecule has 0 saturated carbocycles. The topological polar surface area (TPSA) is 75.4 Å². The third kappa shape index (κ3) is 3.94. The van der Waals surface area contributed by atoms with Crippen molar-refractivity contribution in [1.82, 2.24) is 0 Å². The lowest BCUT2D eigenvalue weighted by Crippen LogP contribution is -2.29. The minimum absolute atomic E-state index is 0.0315. The Labute approximate surface area is 106 Å². The maximum atomic E-state index is 13.4. The number of aliphatic hydroxyl groups is 1. The van der Waals surface area contributed by atoms with Crippen molar-refractivity contribution in [2.45, 2.75) is 19.4 Å². The third-order valence-corrected chi connectivity index (χ3v) is 2.38. The summed E-state index contributed by atoms with van der Waals surface area (Å²) < 4.78 is 13.8. The second kappa shape index (κ2) is 4.97. The van der Waals surface area contributed by atoms with Gasteiger partial charge >= 0.3 is 5.69 Å². The van der Waals surface area contributed by atoms with E-state index >= 15 is 0 Å². The lowest BCUT2D eigenvalue weighted by Gasteiger charge is -2.18. The maximum absolute atomic E-state index is 13.4. The van der Waals surface area contributed by atoms with Crippen molar-refractivity contribution in [2.24, 2.45) is 0 Å². The standard InChI is InChI=1S/C10H12BrFN2O3/c1-10(2,15)5-13-8-4-6(11)3-7(12)9(8)14(16)17/h3-4,13,15H,5H2,1-2H3. The van der Waals surface area contributed by atoms with Crippen LogP contribution in [-0.2, 0) is 0 Å². The summed E-state index contributed by atoms with van der Waals surface area (Å²) >= 11 is 3.05. The van der Waals surface area contributed by atoms with Crippen molar-refractivity contribution in [1.29, 1.82) is 0 Å². The van der Waals surface area contributed by atoms with Crippen LogP contribution in [0.3, 0.4) is 0 Å². The molecule has 0 atom stereocenters. The Bertz CT molecular complexity index is 446. The van der Waals surface area contributed by atoms with Gasteiger partial charge in [0.1, 0.15) is 5.69 Å².